The molecule has 0 aromatic heterocycles. The van der Waals surface area contributed by atoms with Crippen LogP contribution in [0.5, 0.6) is 0 Å². The lowest BCUT2D eigenvalue weighted by Gasteiger charge is -2.27. The number of amides is 2. The standard InChI is InChI=1S/C14H26N2O3/c1-4-11(5-2)16(3)14(19)15-9-10-7-6-8-12(10)13(17)18/h10-12H,4-9H2,1-3H3,(H,15,19)(H,17,18). The fourth-order valence-electron chi connectivity index (χ4n) is 2.95. The molecule has 2 amide bonds. The van der Waals surface area contributed by atoms with Crippen LogP contribution in [0.1, 0.15) is 46.0 Å². The largest absolute Gasteiger partial charge is 0.481 e. The summed E-state index contributed by atoms with van der Waals surface area (Å²) in [6.45, 7) is 4.60. The minimum absolute atomic E-state index is 0.0801. The molecule has 1 aliphatic rings. The van der Waals surface area contributed by atoms with E-state index in [1.54, 1.807) is 11.9 Å². The lowest BCUT2D eigenvalue weighted by molar-refractivity contribution is -0.142. The van der Waals surface area contributed by atoms with Crippen LogP contribution in [0.4, 0.5) is 4.79 Å². The summed E-state index contributed by atoms with van der Waals surface area (Å²) in [6.07, 6.45) is 4.44. The van der Waals surface area contributed by atoms with Crippen LogP contribution in [0, 0.1) is 11.8 Å². The number of carbonyl (C=O) groups excluding carboxylic acids is 1. The summed E-state index contributed by atoms with van der Waals surface area (Å²) in [7, 11) is 1.80. The lowest BCUT2D eigenvalue weighted by Crippen LogP contribution is -2.45. The van der Waals surface area contributed by atoms with Gasteiger partial charge in [-0.05, 0) is 31.6 Å². The summed E-state index contributed by atoms with van der Waals surface area (Å²) in [6, 6.07) is 0.156. The molecule has 2 atom stereocenters. The fraction of sp³-hybridized carbons (Fsp3) is 0.857. The number of nitrogens with one attached hydrogen (secondary N) is 1. The van der Waals surface area contributed by atoms with E-state index in [9.17, 15) is 9.59 Å². The number of carbonyl (C=O) groups is 2. The van der Waals surface area contributed by atoms with E-state index in [-0.39, 0.29) is 23.9 Å². The Morgan fingerprint density at radius 2 is 1.95 bits per heavy atom. The van der Waals surface area contributed by atoms with Crippen molar-refractivity contribution in [1.82, 2.24) is 10.2 Å². The minimum Gasteiger partial charge on any atom is -0.481 e. The number of carboxylic acids is 1. The molecule has 5 heteroatoms. The predicted octanol–water partition coefficient (Wildman–Crippen LogP) is 2.32. The van der Waals surface area contributed by atoms with Gasteiger partial charge >= 0.3 is 12.0 Å². The van der Waals surface area contributed by atoms with Crippen LogP contribution < -0.4 is 5.32 Å². The van der Waals surface area contributed by atoms with Gasteiger partial charge in [0.05, 0.1) is 5.92 Å². The zero-order chi connectivity index (χ0) is 14.4. The van der Waals surface area contributed by atoms with Crippen molar-refractivity contribution in [2.45, 2.75) is 52.0 Å². The van der Waals surface area contributed by atoms with Gasteiger partial charge < -0.3 is 15.3 Å². The first-order chi connectivity index (χ1) is 9.01. The molecule has 0 saturated heterocycles. The summed E-state index contributed by atoms with van der Waals surface area (Å²) >= 11 is 0. The molecule has 110 valence electrons. The average Bonchev–Trinajstić information content (AvgIpc) is 2.85. The third-order valence-electron chi connectivity index (χ3n) is 4.30. The molecule has 1 saturated carbocycles. The van der Waals surface area contributed by atoms with Crippen LogP contribution in [0.15, 0.2) is 0 Å². The van der Waals surface area contributed by atoms with Crippen LogP contribution in [-0.4, -0.2) is 41.6 Å². The number of rotatable bonds is 6. The predicted molar refractivity (Wildman–Crippen MR) is 74.0 cm³/mol. The first-order valence-electron chi connectivity index (χ1n) is 7.24. The van der Waals surface area contributed by atoms with Gasteiger partial charge in [-0.2, -0.15) is 0 Å². The molecule has 1 aliphatic carbocycles. The van der Waals surface area contributed by atoms with E-state index in [1.165, 1.54) is 0 Å². The molecule has 5 nitrogen and oxygen atoms in total. The molecule has 0 aliphatic heterocycles. The van der Waals surface area contributed by atoms with Gasteiger partial charge in [0, 0.05) is 19.6 Å². The molecular weight excluding hydrogens is 244 g/mol. The number of aliphatic carboxylic acids is 1. The van der Waals surface area contributed by atoms with E-state index in [0.29, 0.717) is 6.54 Å². The highest BCUT2D eigenvalue weighted by Gasteiger charge is 2.33. The van der Waals surface area contributed by atoms with E-state index >= 15 is 0 Å². The zero-order valence-electron chi connectivity index (χ0n) is 12.2. The van der Waals surface area contributed by atoms with E-state index in [1.807, 2.05) is 0 Å². The van der Waals surface area contributed by atoms with Gasteiger partial charge in [-0.3, -0.25) is 4.79 Å². The Balaban J connectivity index is 2.43. The van der Waals surface area contributed by atoms with Crippen molar-refractivity contribution in [3.8, 4) is 0 Å². The van der Waals surface area contributed by atoms with Crippen LogP contribution in [0.25, 0.3) is 0 Å². The second kappa shape index (κ2) is 7.36. The summed E-state index contributed by atoms with van der Waals surface area (Å²) in [5.41, 5.74) is 0. The van der Waals surface area contributed by atoms with Gasteiger partial charge in [-0.1, -0.05) is 20.3 Å². The smallest absolute Gasteiger partial charge is 0.317 e. The molecule has 0 heterocycles. The molecule has 1 rings (SSSR count). The Hall–Kier alpha value is -1.26. The topological polar surface area (TPSA) is 69.6 Å². The first-order valence-corrected chi connectivity index (χ1v) is 7.24. The van der Waals surface area contributed by atoms with E-state index in [4.69, 9.17) is 5.11 Å². The van der Waals surface area contributed by atoms with E-state index in [0.717, 1.165) is 32.1 Å². The summed E-state index contributed by atoms with van der Waals surface area (Å²) < 4.78 is 0. The lowest BCUT2D eigenvalue weighted by atomic mass is 9.96. The Bertz CT molecular complexity index is 316. The SMILES string of the molecule is CCC(CC)N(C)C(=O)NCC1CCCC1C(=O)O. The Morgan fingerprint density at radius 3 is 2.47 bits per heavy atom. The van der Waals surface area contributed by atoms with Crippen molar-refractivity contribution in [2.75, 3.05) is 13.6 Å². The number of hydrogen-bond acceptors (Lipinski definition) is 2. The maximum Gasteiger partial charge on any atom is 0.317 e. The minimum atomic E-state index is -0.731. The summed E-state index contributed by atoms with van der Waals surface area (Å²) in [5.74, 6) is -0.944. The zero-order valence-corrected chi connectivity index (χ0v) is 12.2. The second-order valence-electron chi connectivity index (χ2n) is 5.40. The van der Waals surface area contributed by atoms with Crippen molar-refractivity contribution in [3.63, 3.8) is 0 Å². The quantitative estimate of drug-likeness (QED) is 0.778. The van der Waals surface area contributed by atoms with Gasteiger partial charge in [0.2, 0.25) is 0 Å². The Morgan fingerprint density at radius 1 is 1.32 bits per heavy atom. The second-order valence-corrected chi connectivity index (χ2v) is 5.40. The highest BCUT2D eigenvalue weighted by molar-refractivity contribution is 5.74. The molecule has 1 fully saturated rings. The number of nitrogens with zero attached hydrogens (tertiary/aromatic N) is 1. The van der Waals surface area contributed by atoms with Crippen LogP contribution in [0.3, 0.4) is 0 Å². The van der Waals surface area contributed by atoms with Gasteiger partial charge in [0.25, 0.3) is 0 Å². The van der Waals surface area contributed by atoms with E-state index < -0.39 is 5.97 Å². The van der Waals surface area contributed by atoms with Crippen molar-refractivity contribution < 1.29 is 14.7 Å². The molecule has 0 aromatic rings. The van der Waals surface area contributed by atoms with Crippen molar-refractivity contribution in [2.24, 2.45) is 11.8 Å². The van der Waals surface area contributed by atoms with Gasteiger partial charge in [-0.25, -0.2) is 4.79 Å². The highest BCUT2D eigenvalue weighted by atomic mass is 16.4. The van der Waals surface area contributed by atoms with Gasteiger partial charge in [0.15, 0.2) is 0 Å². The van der Waals surface area contributed by atoms with Crippen molar-refractivity contribution >= 4 is 12.0 Å². The van der Waals surface area contributed by atoms with Gasteiger partial charge in [-0.15, -0.1) is 0 Å². The number of hydrogen-bond donors (Lipinski definition) is 2. The average molecular weight is 270 g/mol. The molecule has 0 radical (unpaired) electrons. The molecule has 2 unspecified atom stereocenters. The maximum atomic E-state index is 12.0. The Kier molecular flexibility index (Phi) is 6.12. The maximum absolute atomic E-state index is 12.0. The van der Waals surface area contributed by atoms with E-state index in [2.05, 4.69) is 19.2 Å². The molecule has 2 N–H and O–H groups in total. The monoisotopic (exact) mass is 270 g/mol. The summed E-state index contributed by atoms with van der Waals surface area (Å²) in [4.78, 5) is 24.8. The van der Waals surface area contributed by atoms with Gasteiger partial charge in [0.1, 0.15) is 0 Å². The highest BCUT2D eigenvalue weighted by Crippen LogP contribution is 2.31. The Labute approximate surface area is 115 Å². The van der Waals surface area contributed by atoms with Crippen LogP contribution in [-0.2, 0) is 4.79 Å². The number of carboxylic acid groups (broad SMARTS) is 1. The van der Waals surface area contributed by atoms with Crippen LogP contribution in [0.2, 0.25) is 0 Å². The van der Waals surface area contributed by atoms with Crippen LogP contribution >= 0.6 is 0 Å². The molecule has 0 aromatic carbocycles. The van der Waals surface area contributed by atoms with Crippen molar-refractivity contribution in [1.29, 1.82) is 0 Å². The normalized spacial score (nSPS) is 22.5. The third kappa shape index (κ3) is 4.11. The molecule has 0 spiro atoms. The third-order valence-corrected chi connectivity index (χ3v) is 4.30. The number of urea groups is 1. The first kappa shape index (κ1) is 15.8. The summed E-state index contributed by atoms with van der Waals surface area (Å²) in [5, 5.41) is 12.0. The fourth-order valence-corrected chi connectivity index (χ4v) is 2.95. The molecule has 19 heavy (non-hydrogen) atoms. The molecular formula is C14H26N2O3. The van der Waals surface area contributed by atoms with Crippen molar-refractivity contribution in [3.05, 3.63) is 0 Å². The molecule has 0 bridgehead atoms.